The van der Waals surface area contributed by atoms with Crippen LogP contribution < -0.4 is 0 Å². The molecule has 1 aromatic carbocycles. The van der Waals surface area contributed by atoms with Gasteiger partial charge in [-0.25, -0.2) is 4.39 Å². The topological polar surface area (TPSA) is 34.9 Å². The highest BCUT2D eigenvalue weighted by Gasteiger charge is 2.21. The van der Waals surface area contributed by atoms with E-state index in [2.05, 4.69) is 5.10 Å². The summed E-state index contributed by atoms with van der Waals surface area (Å²) in [4.78, 5) is 12.3. The summed E-state index contributed by atoms with van der Waals surface area (Å²) in [6, 6.07) is 4.03. The molecule has 2 aromatic rings. The van der Waals surface area contributed by atoms with Gasteiger partial charge in [-0.15, -0.1) is 0 Å². The van der Waals surface area contributed by atoms with Gasteiger partial charge in [-0.1, -0.05) is 11.6 Å². The van der Waals surface area contributed by atoms with Crippen molar-refractivity contribution in [2.75, 3.05) is 0 Å². The van der Waals surface area contributed by atoms with E-state index >= 15 is 0 Å². The largest absolute Gasteiger partial charge is 0.288 e. The van der Waals surface area contributed by atoms with Crippen LogP contribution in [-0.2, 0) is 7.05 Å². The van der Waals surface area contributed by atoms with Gasteiger partial charge in [0, 0.05) is 17.8 Å². The molecule has 0 radical (unpaired) electrons. The summed E-state index contributed by atoms with van der Waals surface area (Å²) in [5.41, 5.74) is 1.76. The molecule has 18 heavy (non-hydrogen) atoms. The number of hydrogen-bond donors (Lipinski definition) is 0. The summed E-state index contributed by atoms with van der Waals surface area (Å²) in [7, 11) is 1.75. The van der Waals surface area contributed by atoms with Crippen molar-refractivity contribution >= 4 is 17.4 Å². The zero-order valence-corrected chi connectivity index (χ0v) is 11.0. The molecule has 2 rings (SSSR count). The Morgan fingerprint density at radius 1 is 1.39 bits per heavy atom. The molecule has 0 atom stereocenters. The molecule has 0 bridgehead atoms. The van der Waals surface area contributed by atoms with Crippen LogP contribution in [0.4, 0.5) is 4.39 Å². The molecule has 0 saturated heterocycles. The predicted molar refractivity (Wildman–Crippen MR) is 67.5 cm³/mol. The summed E-state index contributed by atoms with van der Waals surface area (Å²) in [5.74, 6) is -0.984. The Balaban J connectivity index is 2.55. The Kier molecular flexibility index (Phi) is 3.22. The van der Waals surface area contributed by atoms with Crippen molar-refractivity contribution in [1.82, 2.24) is 9.78 Å². The first-order chi connectivity index (χ1) is 8.41. The number of halogens is 2. The Labute approximate surface area is 109 Å². The third-order valence-electron chi connectivity index (χ3n) is 2.91. The van der Waals surface area contributed by atoms with Crippen molar-refractivity contribution in [3.8, 4) is 0 Å². The van der Waals surface area contributed by atoms with Crippen LogP contribution in [0.15, 0.2) is 18.2 Å². The van der Waals surface area contributed by atoms with E-state index in [0.717, 1.165) is 6.07 Å². The van der Waals surface area contributed by atoms with E-state index in [4.69, 9.17) is 11.6 Å². The highest BCUT2D eigenvalue weighted by Crippen LogP contribution is 2.21. The lowest BCUT2D eigenvalue weighted by molar-refractivity contribution is 0.103. The molecule has 0 aliphatic rings. The van der Waals surface area contributed by atoms with Gasteiger partial charge in [-0.3, -0.25) is 9.48 Å². The SMILES string of the molecule is Cc1nn(C)c(C)c1C(=O)c1ccc(Cl)cc1F. The summed E-state index contributed by atoms with van der Waals surface area (Å²) in [6.45, 7) is 3.51. The van der Waals surface area contributed by atoms with Gasteiger partial charge in [0.25, 0.3) is 0 Å². The molecule has 0 saturated carbocycles. The summed E-state index contributed by atoms with van der Waals surface area (Å²) < 4.78 is 15.3. The third-order valence-corrected chi connectivity index (χ3v) is 3.15. The first-order valence-corrected chi connectivity index (χ1v) is 5.79. The average molecular weight is 267 g/mol. The lowest BCUT2D eigenvalue weighted by atomic mass is 10.0. The first-order valence-electron chi connectivity index (χ1n) is 5.41. The van der Waals surface area contributed by atoms with Crippen molar-refractivity contribution < 1.29 is 9.18 Å². The Bertz CT molecular complexity index is 634. The van der Waals surface area contributed by atoms with Crippen molar-refractivity contribution in [3.63, 3.8) is 0 Å². The second-order valence-electron chi connectivity index (χ2n) is 4.12. The normalized spacial score (nSPS) is 10.7. The fourth-order valence-electron chi connectivity index (χ4n) is 1.91. The molecule has 0 spiro atoms. The average Bonchev–Trinajstić information content (AvgIpc) is 2.52. The van der Waals surface area contributed by atoms with Crippen molar-refractivity contribution in [2.24, 2.45) is 7.05 Å². The van der Waals surface area contributed by atoms with E-state index in [1.165, 1.54) is 12.1 Å². The van der Waals surface area contributed by atoms with Crippen molar-refractivity contribution in [3.05, 3.63) is 51.6 Å². The number of carbonyl (C=O) groups is 1. The van der Waals surface area contributed by atoms with E-state index < -0.39 is 5.82 Å². The zero-order valence-electron chi connectivity index (χ0n) is 10.3. The van der Waals surface area contributed by atoms with Gasteiger partial charge in [0.05, 0.1) is 16.8 Å². The van der Waals surface area contributed by atoms with Gasteiger partial charge in [0.15, 0.2) is 5.78 Å². The summed E-state index contributed by atoms with van der Waals surface area (Å²) in [6.07, 6.45) is 0. The Hall–Kier alpha value is -1.68. The highest BCUT2D eigenvalue weighted by molar-refractivity contribution is 6.30. The van der Waals surface area contributed by atoms with Crippen LogP contribution in [0.1, 0.15) is 27.3 Å². The minimum absolute atomic E-state index is 0.0126. The lowest BCUT2D eigenvalue weighted by Crippen LogP contribution is -2.07. The first kappa shape index (κ1) is 12.8. The maximum Gasteiger partial charge on any atom is 0.199 e. The van der Waals surface area contributed by atoms with E-state index in [0.29, 0.717) is 17.0 Å². The summed E-state index contributed by atoms with van der Waals surface area (Å²) in [5, 5.41) is 4.42. The van der Waals surface area contributed by atoms with Crippen LogP contribution in [0.25, 0.3) is 0 Å². The Morgan fingerprint density at radius 2 is 2.06 bits per heavy atom. The van der Waals surface area contributed by atoms with E-state index in [-0.39, 0.29) is 16.4 Å². The molecule has 1 aromatic heterocycles. The van der Waals surface area contributed by atoms with Crippen LogP contribution >= 0.6 is 11.6 Å². The van der Waals surface area contributed by atoms with Gasteiger partial charge in [0.2, 0.25) is 0 Å². The number of ketones is 1. The third kappa shape index (κ3) is 2.04. The van der Waals surface area contributed by atoms with Gasteiger partial charge in [0.1, 0.15) is 5.82 Å². The molecule has 0 unspecified atom stereocenters. The second kappa shape index (κ2) is 4.53. The maximum absolute atomic E-state index is 13.7. The minimum Gasteiger partial charge on any atom is -0.288 e. The van der Waals surface area contributed by atoms with Crippen LogP contribution in [0.5, 0.6) is 0 Å². The molecular weight excluding hydrogens is 255 g/mol. The van der Waals surface area contributed by atoms with Crippen LogP contribution in [0.3, 0.4) is 0 Å². The number of aryl methyl sites for hydroxylation is 2. The fraction of sp³-hybridized carbons (Fsp3) is 0.231. The molecule has 0 aliphatic heterocycles. The maximum atomic E-state index is 13.7. The quantitative estimate of drug-likeness (QED) is 0.783. The van der Waals surface area contributed by atoms with Gasteiger partial charge >= 0.3 is 0 Å². The van der Waals surface area contributed by atoms with Gasteiger partial charge in [-0.2, -0.15) is 5.10 Å². The van der Waals surface area contributed by atoms with Crippen LogP contribution in [-0.4, -0.2) is 15.6 Å². The molecule has 3 nitrogen and oxygen atoms in total. The fourth-order valence-corrected chi connectivity index (χ4v) is 2.07. The molecule has 5 heteroatoms. The molecule has 0 amide bonds. The lowest BCUT2D eigenvalue weighted by Gasteiger charge is -2.03. The van der Waals surface area contributed by atoms with E-state index in [1.54, 1.807) is 25.6 Å². The number of aromatic nitrogens is 2. The molecule has 0 N–H and O–H groups in total. The summed E-state index contributed by atoms with van der Waals surface area (Å²) >= 11 is 5.67. The number of hydrogen-bond acceptors (Lipinski definition) is 2. The number of nitrogens with zero attached hydrogens (tertiary/aromatic N) is 2. The monoisotopic (exact) mass is 266 g/mol. The molecule has 0 fully saturated rings. The van der Waals surface area contributed by atoms with Crippen molar-refractivity contribution in [2.45, 2.75) is 13.8 Å². The zero-order chi connectivity index (χ0) is 13.4. The molecule has 0 aliphatic carbocycles. The molecular formula is C13H12ClFN2O. The van der Waals surface area contributed by atoms with Crippen LogP contribution in [0.2, 0.25) is 5.02 Å². The second-order valence-corrected chi connectivity index (χ2v) is 4.56. The highest BCUT2D eigenvalue weighted by atomic mass is 35.5. The van der Waals surface area contributed by atoms with Gasteiger partial charge < -0.3 is 0 Å². The molecule has 94 valence electrons. The number of benzene rings is 1. The van der Waals surface area contributed by atoms with Crippen LogP contribution in [0, 0.1) is 19.7 Å². The molecule has 1 heterocycles. The number of carbonyl (C=O) groups excluding carboxylic acids is 1. The Morgan fingerprint density at radius 3 is 2.56 bits per heavy atom. The van der Waals surface area contributed by atoms with Gasteiger partial charge in [-0.05, 0) is 32.0 Å². The minimum atomic E-state index is -0.616. The van der Waals surface area contributed by atoms with Crippen molar-refractivity contribution in [1.29, 1.82) is 0 Å². The predicted octanol–water partition coefficient (Wildman–Crippen LogP) is 3.06. The standard InChI is InChI=1S/C13H12ClFN2O/c1-7-12(8(2)17(3)16-7)13(18)10-5-4-9(14)6-11(10)15/h4-6H,1-3H3. The number of rotatable bonds is 2. The smallest absolute Gasteiger partial charge is 0.199 e. The van der Waals surface area contributed by atoms with E-state index in [9.17, 15) is 9.18 Å². The van der Waals surface area contributed by atoms with E-state index in [1.807, 2.05) is 0 Å².